The van der Waals surface area contributed by atoms with Gasteiger partial charge in [0.25, 0.3) is 23.6 Å². The van der Waals surface area contributed by atoms with Crippen LogP contribution in [0.1, 0.15) is 114 Å². The lowest BCUT2D eigenvalue weighted by molar-refractivity contribution is 0.0772. The molecule has 17 rings (SSSR count). The number of pyridine rings is 1. The van der Waals surface area contributed by atoms with Crippen LogP contribution in [0.25, 0.3) is 77.2 Å². The SMILES string of the molecule is CCOc1cc(C(=O)N(C)Cc2ccc(Cl)c3cn[nH]c23)ccc1-c1cccc(F)c1.CCOc1cc(C(=O)N(C)Cc2ccc(F)c3cn[nH]c23)cc(F)c1-c1ccccc1.CCOc1nc(C(=O)N(C)Cc2ccc(F)c3cn[nH]c23)cc(F)c1-c1ccccc1.CN(Cc1ccc(CF)c2c1CN=C2)C(=O)c1ccc(-c2cccc(F)c2)c(OC2CC2)c1. The smallest absolute Gasteiger partial charge is 0.272 e. The minimum Gasteiger partial charge on any atom is -0.493 e. The highest BCUT2D eigenvalue weighted by Crippen LogP contribution is 2.40. The van der Waals surface area contributed by atoms with Crippen LogP contribution in [-0.4, -0.2) is 139 Å². The summed E-state index contributed by atoms with van der Waals surface area (Å²) in [6, 6.07) is 58.2. The number of nitrogens with zero attached hydrogens (tertiary/aromatic N) is 9. The molecule has 0 unspecified atom stereocenters. The van der Waals surface area contributed by atoms with Gasteiger partial charge in [0, 0.05) is 105 Å². The molecule has 0 spiro atoms. The average molecular weight is 1730 g/mol. The van der Waals surface area contributed by atoms with Gasteiger partial charge in [-0.15, -0.1) is 0 Å². The van der Waals surface area contributed by atoms with E-state index in [1.807, 2.05) is 61.5 Å². The maximum atomic E-state index is 15.1. The minimum atomic E-state index is -0.598. The molecule has 1 aliphatic heterocycles. The number of H-pyrrole nitrogens is 3. The molecule has 4 amide bonds. The van der Waals surface area contributed by atoms with Crippen LogP contribution in [0.3, 0.4) is 0 Å². The van der Waals surface area contributed by atoms with Gasteiger partial charge >= 0.3 is 0 Å². The fourth-order valence-electron chi connectivity index (χ4n) is 14.7. The highest BCUT2D eigenvalue weighted by molar-refractivity contribution is 6.35. The van der Waals surface area contributed by atoms with Crippen molar-refractivity contribution in [3.8, 4) is 67.6 Å². The number of carbonyl (C=O) groups excluding carboxylic acids is 4. The molecule has 3 N–H and O–H groups in total. The Hall–Kier alpha value is -14.5. The van der Waals surface area contributed by atoms with Crippen LogP contribution in [-0.2, 0) is 39.4 Å². The third-order valence-corrected chi connectivity index (χ3v) is 21.5. The van der Waals surface area contributed by atoms with E-state index in [2.05, 4.69) is 40.6 Å². The molecule has 126 heavy (non-hydrogen) atoms. The summed E-state index contributed by atoms with van der Waals surface area (Å²) < 4.78 is 122. The van der Waals surface area contributed by atoms with Gasteiger partial charge in [-0.25, -0.2) is 35.7 Å². The predicted molar refractivity (Wildman–Crippen MR) is 471 cm³/mol. The Bertz CT molecular complexity index is 6350. The number of aliphatic imine (C=N–C) groups is 1. The van der Waals surface area contributed by atoms with Gasteiger partial charge in [-0.2, -0.15) is 15.3 Å². The number of fused-ring (bicyclic) bond motifs is 4. The largest absolute Gasteiger partial charge is 0.493 e. The number of hydrogen-bond acceptors (Lipinski definition) is 13. The first-order valence-electron chi connectivity index (χ1n) is 40.5. The number of rotatable bonds is 25. The molecule has 1 aliphatic carbocycles. The Morgan fingerprint density at radius 2 is 0.873 bits per heavy atom. The number of ether oxygens (including phenoxy) is 4. The second-order valence-electron chi connectivity index (χ2n) is 29.9. The molecule has 11 aromatic carbocycles. The number of carbonyl (C=O) groups is 4. The zero-order valence-electron chi connectivity index (χ0n) is 69.7. The van der Waals surface area contributed by atoms with E-state index in [0.717, 1.165) is 63.2 Å². The first-order chi connectivity index (χ1) is 61.0. The molecule has 20 nitrogen and oxygen atoms in total. The Labute approximate surface area is 726 Å². The molecule has 642 valence electrons. The van der Waals surface area contributed by atoms with E-state index in [1.54, 1.807) is 173 Å². The quantitative estimate of drug-likeness (QED) is 0.0454. The molecule has 2 aliphatic rings. The van der Waals surface area contributed by atoms with Crippen LogP contribution in [0.2, 0.25) is 5.02 Å². The summed E-state index contributed by atoms with van der Waals surface area (Å²) in [6.07, 6.45) is 8.26. The predicted octanol–water partition coefficient (Wildman–Crippen LogP) is 21.2. The van der Waals surface area contributed by atoms with E-state index in [1.165, 1.54) is 64.7 Å². The van der Waals surface area contributed by atoms with Gasteiger partial charge in [0.2, 0.25) is 5.88 Å². The number of aromatic amines is 3. The van der Waals surface area contributed by atoms with E-state index in [-0.39, 0.29) is 83.7 Å². The first-order valence-corrected chi connectivity index (χ1v) is 40.9. The molecule has 1 fully saturated rings. The van der Waals surface area contributed by atoms with Gasteiger partial charge in [-0.3, -0.25) is 39.5 Å². The zero-order chi connectivity index (χ0) is 88.8. The fraction of sp³-hybridized carbons (Fsp3) is 0.194. The lowest BCUT2D eigenvalue weighted by atomic mass is 9.98. The standard InChI is InChI=1S/C27H24F2N2O2.C24H21ClFN3O2.C24H21F2N3O2.C23H20F2N4O2/c1-31(16-20-6-5-19(13-28)24-14-30-15-25(20)24)27(32)18-7-10-23(17-3-2-4-21(29)11-17)26(12-18)33-22-8-9-22;1-3-31-22-12-16(7-9-19(22)15-5-4-6-18(26)11-15)24(30)29(2)14-17-8-10-21(25)20-13-27-28-23(17)20;1-3-31-21-12-17(11-20(26)22(21)15-7-5-4-6-8-15)24(30)29(2)14-16-9-10-19(25)18-13-27-28-23(16)18;1-3-31-22-20(14-7-5-4-6-8-14)18(25)11-19(27-22)23(30)29(2)13-15-9-10-17(24)16-12-26-28-21(15)16/h2-7,10-12,14,22H,8-9,13,15-16H2,1H3;2*4-13H,3,14H2,1-2H3,(H,27,28);4-12H,3,13H2,1-2H3,(H,26,28). The molecule has 0 saturated heterocycles. The third kappa shape index (κ3) is 20.1. The van der Waals surface area contributed by atoms with Gasteiger partial charge in [0.15, 0.2) is 0 Å². The highest BCUT2D eigenvalue weighted by atomic mass is 35.5. The Morgan fingerprint density at radius 3 is 1.40 bits per heavy atom. The topological polar surface area (TPSA) is 229 Å². The Morgan fingerprint density at radius 1 is 0.429 bits per heavy atom. The van der Waals surface area contributed by atoms with E-state index < -0.39 is 30.0 Å². The Kier molecular flexibility index (Phi) is 27.8. The molecule has 0 atom stereocenters. The number of benzene rings is 11. The monoisotopic (exact) mass is 1730 g/mol. The third-order valence-electron chi connectivity index (χ3n) is 21.1. The van der Waals surface area contributed by atoms with Gasteiger partial charge in [-0.05, 0) is 180 Å². The number of halogens is 8. The maximum Gasteiger partial charge on any atom is 0.272 e. The van der Waals surface area contributed by atoms with Crippen molar-refractivity contribution in [2.45, 2.75) is 79.1 Å². The van der Waals surface area contributed by atoms with Crippen molar-refractivity contribution < 1.29 is 68.9 Å². The fourth-order valence-corrected chi connectivity index (χ4v) is 14.9. The lowest BCUT2D eigenvalue weighted by Crippen LogP contribution is -2.27. The van der Waals surface area contributed by atoms with Gasteiger partial charge in [0.05, 0.1) is 94.5 Å². The van der Waals surface area contributed by atoms with E-state index in [9.17, 15) is 41.1 Å². The number of alkyl halides is 1. The molecule has 15 aromatic rings. The van der Waals surface area contributed by atoms with Crippen LogP contribution in [0.5, 0.6) is 23.1 Å². The molecular weight excluding hydrogens is 1640 g/mol. The van der Waals surface area contributed by atoms with Crippen molar-refractivity contribution in [1.82, 2.24) is 55.2 Å². The number of aromatic nitrogens is 7. The first kappa shape index (κ1) is 87.9. The van der Waals surface area contributed by atoms with Gasteiger partial charge < -0.3 is 38.5 Å². The summed E-state index contributed by atoms with van der Waals surface area (Å²) in [4.78, 5) is 67.1. The molecule has 5 heterocycles. The van der Waals surface area contributed by atoms with Crippen molar-refractivity contribution >= 4 is 74.2 Å². The molecule has 1 saturated carbocycles. The van der Waals surface area contributed by atoms with Crippen molar-refractivity contribution in [1.29, 1.82) is 0 Å². The Balaban J connectivity index is 0.000000136. The summed E-state index contributed by atoms with van der Waals surface area (Å²) in [5.41, 5.74) is 13.3. The van der Waals surface area contributed by atoms with E-state index >= 15 is 8.78 Å². The summed E-state index contributed by atoms with van der Waals surface area (Å²) in [6.45, 7) is 7.56. The van der Waals surface area contributed by atoms with E-state index in [4.69, 9.17) is 30.5 Å². The maximum absolute atomic E-state index is 15.1. The molecule has 0 radical (unpaired) electrons. The minimum absolute atomic E-state index is 0.0585. The molecule has 4 aromatic heterocycles. The van der Waals surface area contributed by atoms with Crippen LogP contribution in [0, 0.1) is 34.9 Å². The second-order valence-corrected chi connectivity index (χ2v) is 30.3. The average Bonchev–Trinajstić information content (AvgIpc) is 1.22. The lowest BCUT2D eigenvalue weighted by Gasteiger charge is -2.21. The van der Waals surface area contributed by atoms with Gasteiger partial charge in [-0.1, -0.05) is 127 Å². The highest BCUT2D eigenvalue weighted by Gasteiger charge is 2.29. The van der Waals surface area contributed by atoms with Crippen LogP contribution in [0.4, 0.5) is 30.7 Å². The van der Waals surface area contributed by atoms with Crippen LogP contribution < -0.4 is 18.9 Å². The number of nitrogens with one attached hydrogen (secondary N) is 3. The van der Waals surface area contributed by atoms with Crippen molar-refractivity contribution in [3.05, 3.63) is 332 Å². The summed E-state index contributed by atoms with van der Waals surface area (Å²) >= 11 is 6.21. The zero-order valence-corrected chi connectivity index (χ0v) is 70.4. The number of hydrogen-bond donors (Lipinski definition) is 3. The summed E-state index contributed by atoms with van der Waals surface area (Å²) in [7, 11) is 6.66. The molecular formula is C98H86ClF7N12O8. The van der Waals surface area contributed by atoms with E-state index in [0.29, 0.717) is 133 Å². The van der Waals surface area contributed by atoms with Crippen LogP contribution >= 0.6 is 11.6 Å². The number of amides is 4. The molecule has 0 bridgehead atoms. The second kappa shape index (κ2) is 39.8. The van der Waals surface area contributed by atoms with Gasteiger partial charge in [0.1, 0.15) is 64.5 Å². The van der Waals surface area contributed by atoms with Crippen molar-refractivity contribution in [2.75, 3.05) is 48.0 Å². The van der Waals surface area contributed by atoms with Crippen molar-refractivity contribution in [3.63, 3.8) is 0 Å². The summed E-state index contributed by atoms with van der Waals surface area (Å²) in [5, 5.41) is 22.4. The van der Waals surface area contributed by atoms with Crippen molar-refractivity contribution in [2.24, 2.45) is 4.99 Å². The normalized spacial score (nSPS) is 11.8. The summed E-state index contributed by atoms with van der Waals surface area (Å²) in [5.74, 6) is -2.25. The molecule has 28 heteroatoms. The van der Waals surface area contributed by atoms with Crippen LogP contribution in [0.15, 0.2) is 236 Å².